The van der Waals surface area contributed by atoms with Crippen LogP contribution in [-0.2, 0) is 9.59 Å². The zero-order valence-corrected chi connectivity index (χ0v) is 11.8. The first kappa shape index (κ1) is 15.3. The molecule has 2 aliphatic carbocycles. The van der Waals surface area contributed by atoms with E-state index >= 15 is 0 Å². The maximum absolute atomic E-state index is 12.2. The number of fused-ring (bicyclic) bond motifs is 2. The van der Waals surface area contributed by atoms with Gasteiger partial charge in [0.15, 0.2) is 0 Å². The molecule has 8 heteroatoms. The van der Waals surface area contributed by atoms with E-state index in [1.807, 2.05) is 0 Å². The summed E-state index contributed by atoms with van der Waals surface area (Å²) in [5, 5.41) is 27.5. The molecule has 0 radical (unpaired) electrons. The highest BCUT2D eigenvalue weighted by molar-refractivity contribution is 6.54. The van der Waals surface area contributed by atoms with E-state index in [4.69, 9.17) is 10.2 Å². The topological polar surface area (TPSA) is 146 Å². The molecule has 0 aliphatic heterocycles. The van der Waals surface area contributed by atoms with Gasteiger partial charge >= 0.3 is 17.9 Å². The molecule has 0 heterocycles. The molecule has 0 amide bonds. The van der Waals surface area contributed by atoms with Gasteiger partial charge in [-0.05, 0) is 23.8 Å². The van der Waals surface area contributed by atoms with Crippen LogP contribution >= 0.6 is 0 Å². The maximum atomic E-state index is 12.2. The number of rotatable bonds is 3. The van der Waals surface area contributed by atoms with Crippen molar-refractivity contribution in [3.8, 4) is 0 Å². The molecule has 8 nitrogen and oxygen atoms in total. The van der Waals surface area contributed by atoms with Gasteiger partial charge in [0.25, 0.3) is 0 Å². The van der Waals surface area contributed by atoms with E-state index in [2.05, 4.69) is 0 Å². The first-order chi connectivity index (χ1) is 11.2. The molecule has 0 saturated heterocycles. The average molecular weight is 328 g/mol. The molecule has 1 aromatic carbocycles. The van der Waals surface area contributed by atoms with Gasteiger partial charge in [-0.2, -0.15) is 0 Å². The molecule has 0 unspecified atom stereocenters. The summed E-state index contributed by atoms with van der Waals surface area (Å²) in [6.45, 7) is 0. The highest BCUT2D eigenvalue weighted by Crippen LogP contribution is 2.41. The monoisotopic (exact) mass is 328 g/mol. The standard InChI is InChI=1S/C16H8O8/c17-12-8-2-5(14(19)20)1-7(8)11-9(13(12)18)3-6(15(21)22)4-10(11)16(23)24/h2-4H,1H2,(H,19,20)(H,21,22)(H,23,24). The van der Waals surface area contributed by atoms with Crippen LogP contribution in [0.3, 0.4) is 0 Å². The third-order valence-corrected chi connectivity index (χ3v) is 3.90. The van der Waals surface area contributed by atoms with Crippen molar-refractivity contribution in [2.24, 2.45) is 0 Å². The SMILES string of the molecule is O=C(O)C1=CC2=C(C1)c1c(C(=O)O)cc(C(=O)O)cc1C(=O)C2=O. The number of aliphatic carboxylic acids is 1. The van der Waals surface area contributed by atoms with Crippen molar-refractivity contribution in [3.05, 3.63) is 51.6 Å². The van der Waals surface area contributed by atoms with Gasteiger partial charge in [0.05, 0.1) is 11.1 Å². The third kappa shape index (κ3) is 2.04. The van der Waals surface area contributed by atoms with Gasteiger partial charge in [0.2, 0.25) is 11.6 Å². The fourth-order valence-corrected chi connectivity index (χ4v) is 2.84. The molecule has 0 fully saturated rings. The fourth-order valence-electron chi connectivity index (χ4n) is 2.84. The summed E-state index contributed by atoms with van der Waals surface area (Å²) < 4.78 is 0. The Kier molecular flexibility index (Phi) is 3.19. The summed E-state index contributed by atoms with van der Waals surface area (Å²) in [6.07, 6.45) is 0.834. The lowest BCUT2D eigenvalue weighted by Gasteiger charge is -2.19. The van der Waals surface area contributed by atoms with Gasteiger partial charge < -0.3 is 15.3 Å². The Morgan fingerprint density at radius 1 is 0.875 bits per heavy atom. The van der Waals surface area contributed by atoms with Crippen molar-refractivity contribution in [2.75, 3.05) is 0 Å². The summed E-state index contributed by atoms with van der Waals surface area (Å²) in [5.41, 5.74) is -1.53. The fraction of sp³-hybridized carbons (Fsp3) is 0.0625. The number of carboxylic acids is 3. The van der Waals surface area contributed by atoms with E-state index in [1.165, 1.54) is 0 Å². The zero-order chi connectivity index (χ0) is 17.8. The smallest absolute Gasteiger partial charge is 0.336 e. The van der Waals surface area contributed by atoms with Crippen LogP contribution in [0.1, 0.15) is 43.1 Å². The van der Waals surface area contributed by atoms with Crippen molar-refractivity contribution in [1.82, 2.24) is 0 Å². The Hall–Kier alpha value is -3.55. The molecular weight excluding hydrogens is 320 g/mol. The molecule has 2 aliphatic rings. The van der Waals surface area contributed by atoms with Crippen LogP contribution in [0.2, 0.25) is 0 Å². The van der Waals surface area contributed by atoms with Crippen LogP contribution in [0, 0.1) is 0 Å². The molecule has 3 N–H and O–H groups in total. The van der Waals surface area contributed by atoms with E-state index in [-0.39, 0.29) is 34.3 Å². The number of ketones is 2. The van der Waals surface area contributed by atoms with Crippen LogP contribution in [0.15, 0.2) is 29.4 Å². The van der Waals surface area contributed by atoms with Crippen LogP contribution in [0.25, 0.3) is 5.57 Å². The van der Waals surface area contributed by atoms with Gasteiger partial charge in [-0.25, -0.2) is 14.4 Å². The predicted molar refractivity (Wildman–Crippen MR) is 77.0 cm³/mol. The van der Waals surface area contributed by atoms with Crippen LogP contribution in [0.5, 0.6) is 0 Å². The minimum absolute atomic E-state index is 0.0976. The largest absolute Gasteiger partial charge is 0.478 e. The third-order valence-electron chi connectivity index (χ3n) is 3.90. The van der Waals surface area contributed by atoms with Gasteiger partial charge in [-0.3, -0.25) is 9.59 Å². The molecular formula is C16H8O8. The minimum Gasteiger partial charge on any atom is -0.478 e. The molecule has 1 aromatic rings. The summed E-state index contributed by atoms with van der Waals surface area (Å²) in [7, 11) is 0. The number of Topliss-reactive ketones (excluding diaryl/α,β-unsaturated/α-hetero) is 2. The number of carboxylic acid groups (broad SMARTS) is 3. The number of aromatic carboxylic acids is 2. The van der Waals surface area contributed by atoms with Crippen molar-refractivity contribution in [2.45, 2.75) is 6.42 Å². The molecule has 3 rings (SSSR count). The second kappa shape index (κ2) is 4.98. The van der Waals surface area contributed by atoms with Gasteiger partial charge in [0.1, 0.15) is 0 Å². The van der Waals surface area contributed by atoms with Crippen molar-refractivity contribution in [1.29, 1.82) is 0 Å². The van der Waals surface area contributed by atoms with E-state index in [9.17, 15) is 29.1 Å². The molecule has 0 saturated carbocycles. The lowest BCUT2D eigenvalue weighted by atomic mass is 9.81. The quantitative estimate of drug-likeness (QED) is 0.697. The maximum Gasteiger partial charge on any atom is 0.336 e. The highest BCUT2D eigenvalue weighted by atomic mass is 16.4. The molecule has 0 atom stereocenters. The van der Waals surface area contributed by atoms with E-state index < -0.39 is 40.6 Å². The summed E-state index contributed by atoms with van der Waals surface area (Å²) >= 11 is 0. The molecule has 120 valence electrons. The average Bonchev–Trinajstić information content (AvgIpc) is 2.96. The predicted octanol–water partition coefficient (Wildman–Crippen LogP) is 1.02. The number of benzene rings is 1. The second-order valence-corrected chi connectivity index (χ2v) is 5.26. The summed E-state index contributed by atoms with van der Waals surface area (Å²) in [4.78, 5) is 58.1. The van der Waals surface area contributed by atoms with Gasteiger partial charge in [0, 0.05) is 28.7 Å². The Morgan fingerprint density at radius 2 is 1.54 bits per heavy atom. The molecule has 0 spiro atoms. The highest BCUT2D eigenvalue weighted by Gasteiger charge is 2.39. The van der Waals surface area contributed by atoms with Crippen molar-refractivity contribution < 1.29 is 39.3 Å². The lowest BCUT2D eigenvalue weighted by Crippen LogP contribution is -2.24. The van der Waals surface area contributed by atoms with Gasteiger partial charge in [-0.15, -0.1) is 0 Å². The lowest BCUT2D eigenvalue weighted by molar-refractivity contribution is -0.132. The molecule has 24 heavy (non-hydrogen) atoms. The Morgan fingerprint density at radius 3 is 2.08 bits per heavy atom. The Bertz CT molecular complexity index is 945. The normalized spacial score (nSPS) is 15.8. The number of carbonyl (C=O) groups is 5. The zero-order valence-electron chi connectivity index (χ0n) is 11.8. The number of allylic oxidation sites excluding steroid dienone is 3. The number of hydrogen-bond donors (Lipinski definition) is 3. The number of hydrogen-bond acceptors (Lipinski definition) is 5. The summed E-state index contributed by atoms with van der Waals surface area (Å²) in [5.74, 6) is -6.25. The van der Waals surface area contributed by atoms with Gasteiger partial charge in [-0.1, -0.05) is 0 Å². The van der Waals surface area contributed by atoms with Crippen LogP contribution in [-0.4, -0.2) is 44.8 Å². The van der Waals surface area contributed by atoms with Crippen molar-refractivity contribution >= 4 is 35.0 Å². The van der Waals surface area contributed by atoms with Crippen LogP contribution in [0.4, 0.5) is 0 Å². The van der Waals surface area contributed by atoms with E-state index in [1.54, 1.807) is 0 Å². The minimum atomic E-state index is -1.48. The number of carbonyl (C=O) groups excluding carboxylic acids is 2. The summed E-state index contributed by atoms with van der Waals surface area (Å²) in [6, 6.07) is 1.82. The first-order valence-electron chi connectivity index (χ1n) is 6.63. The molecule has 0 aromatic heterocycles. The Labute approximate surface area is 133 Å². The van der Waals surface area contributed by atoms with E-state index in [0.29, 0.717) is 0 Å². The second-order valence-electron chi connectivity index (χ2n) is 5.26. The van der Waals surface area contributed by atoms with E-state index in [0.717, 1.165) is 18.2 Å². The van der Waals surface area contributed by atoms with Crippen molar-refractivity contribution in [3.63, 3.8) is 0 Å². The Balaban J connectivity index is 2.33. The molecule has 0 bridgehead atoms. The first-order valence-corrected chi connectivity index (χ1v) is 6.63. The van der Waals surface area contributed by atoms with Crippen LogP contribution < -0.4 is 0 Å².